The van der Waals surface area contributed by atoms with Gasteiger partial charge in [-0.1, -0.05) is 45.7 Å². The smallest absolute Gasteiger partial charge is 0.244 e. The molecule has 0 radical (unpaired) electrons. The van der Waals surface area contributed by atoms with E-state index >= 15 is 0 Å². The van der Waals surface area contributed by atoms with Gasteiger partial charge < -0.3 is 10.2 Å². The molecule has 0 saturated heterocycles. The van der Waals surface area contributed by atoms with Crippen LogP contribution in [0.5, 0.6) is 0 Å². The van der Waals surface area contributed by atoms with Gasteiger partial charge in [-0.15, -0.1) is 0 Å². The molecule has 34 heavy (non-hydrogen) atoms. The summed E-state index contributed by atoms with van der Waals surface area (Å²) in [4.78, 5) is 27.9. The zero-order valence-corrected chi connectivity index (χ0v) is 23.4. The van der Waals surface area contributed by atoms with Gasteiger partial charge in [-0.05, 0) is 70.0 Å². The van der Waals surface area contributed by atoms with E-state index in [4.69, 9.17) is 11.6 Å². The average Bonchev–Trinajstić information content (AvgIpc) is 2.70. The van der Waals surface area contributed by atoms with E-state index in [2.05, 4.69) is 21.2 Å². The zero-order valence-electron chi connectivity index (χ0n) is 20.2. The normalized spacial score (nSPS) is 12.7. The first kappa shape index (κ1) is 28.1. The molecule has 0 aliphatic heterocycles. The number of hydrogen-bond donors (Lipinski definition) is 1. The highest BCUT2D eigenvalue weighted by Crippen LogP contribution is 2.27. The second kappa shape index (κ2) is 11.1. The van der Waals surface area contributed by atoms with Crippen LogP contribution < -0.4 is 9.62 Å². The van der Waals surface area contributed by atoms with Gasteiger partial charge in [0, 0.05) is 21.6 Å². The fraction of sp³-hybridized carbons (Fsp3) is 0.417. The summed E-state index contributed by atoms with van der Waals surface area (Å²) in [6, 6.07) is 11.4. The summed E-state index contributed by atoms with van der Waals surface area (Å²) in [5, 5.41) is 3.24. The maximum Gasteiger partial charge on any atom is 0.244 e. The van der Waals surface area contributed by atoms with E-state index in [1.165, 1.54) is 11.0 Å². The molecule has 1 atom stereocenters. The van der Waals surface area contributed by atoms with Gasteiger partial charge in [-0.25, -0.2) is 8.42 Å². The maximum atomic E-state index is 13.6. The van der Waals surface area contributed by atoms with Gasteiger partial charge in [0.15, 0.2) is 0 Å². The maximum absolute atomic E-state index is 13.6. The van der Waals surface area contributed by atoms with Crippen molar-refractivity contribution in [3.63, 3.8) is 0 Å². The number of carbonyl (C=O) groups is 2. The second-order valence-electron chi connectivity index (χ2n) is 9.26. The molecule has 0 aliphatic rings. The van der Waals surface area contributed by atoms with E-state index in [9.17, 15) is 18.0 Å². The van der Waals surface area contributed by atoms with E-state index in [0.717, 1.165) is 20.6 Å². The number of sulfonamides is 1. The van der Waals surface area contributed by atoms with Crippen molar-refractivity contribution in [3.8, 4) is 0 Å². The molecule has 0 bridgehead atoms. The van der Waals surface area contributed by atoms with Crippen LogP contribution in [-0.2, 0) is 26.2 Å². The molecule has 2 rings (SSSR count). The van der Waals surface area contributed by atoms with E-state index in [1.807, 2.05) is 45.0 Å². The molecule has 186 valence electrons. The molecule has 7 nitrogen and oxygen atoms in total. The number of nitrogens with zero attached hydrogens (tertiary/aromatic N) is 2. The highest BCUT2D eigenvalue weighted by atomic mass is 79.9. The van der Waals surface area contributed by atoms with E-state index < -0.39 is 34.1 Å². The predicted molar refractivity (Wildman–Crippen MR) is 140 cm³/mol. The third-order valence-electron chi connectivity index (χ3n) is 5.05. The molecule has 0 unspecified atom stereocenters. The van der Waals surface area contributed by atoms with Crippen molar-refractivity contribution < 1.29 is 18.0 Å². The van der Waals surface area contributed by atoms with Gasteiger partial charge >= 0.3 is 0 Å². The molecule has 10 heteroatoms. The third-order valence-corrected chi connectivity index (χ3v) is 6.94. The Morgan fingerprint density at radius 2 is 1.71 bits per heavy atom. The van der Waals surface area contributed by atoms with Gasteiger partial charge in [0.2, 0.25) is 21.8 Å². The topological polar surface area (TPSA) is 86.8 Å². The molecule has 2 amide bonds. The standard InChI is InChI=1S/C24H31BrClN3O4S/c1-16-7-12-20(26)13-21(16)29(34(6,32)33)15-22(30)28(14-18-8-10-19(25)11-9-18)17(2)23(31)27-24(3,4)5/h7-13,17H,14-15H2,1-6H3,(H,27,31)/t17-/m1/s1. The summed E-state index contributed by atoms with van der Waals surface area (Å²) in [5.41, 5.74) is 1.28. The summed E-state index contributed by atoms with van der Waals surface area (Å²) in [6.07, 6.45) is 1.04. The van der Waals surface area contributed by atoms with E-state index in [-0.39, 0.29) is 12.5 Å². The fourth-order valence-corrected chi connectivity index (χ4v) is 4.62. The van der Waals surface area contributed by atoms with Crippen LogP contribution in [-0.4, -0.2) is 49.5 Å². The fourth-order valence-electron chi connectivity index (χ4n) is 3.29. The lowest BCUT2D eigenvalue weighted by Gasteiger charge is -2.33. The number of nitrogens with one attached hydrogen (secondary N) is 1. The van der Waals surface area contributed by atoms with Gasteiger partial charge in [0.1, 0.15) is 12.6 Å². The number of amides is 2. The lowest BCUT2D eigenvalue weighted by Crippen LogP contribution is -2.54. The van der Waals surface area contributed by atoms with Crippen LogP contribution in [0.2, 0.25) is 5.02 Å². The van der Waals surface area contributed by atoms with Crippen molar-refractivity contribution >= 4 is 55.1 Å². The minimum absolute atomic E-state index is 0.136. The zero-order chi connectivity index (χ0) is 25.8. The van der Waals surface area contributed by atoms with Gasteiger partial charge in [-0.2, -0.15) is 0 Å². The summed E-state index contributed by atoms with van der Waals surface area (Å²) >= 11 is 9.50. The minimum Gasteiger partial charge on any atom is -0.350 e. The van der Waals surface area contributed by atoms with Crippen molar-refractivity contribution in [2.75, 3.05) is 17.1 Å². The first-order valence-corrected chi connectivity index (χ1v) is 13.7. The molecule has 0 fully saturated rings. The SMILES string of the molecule is Cc1ccc(Cl)cc1N(CC(=O)N(Cc1ccc(Br)cc1)[C@H](C)C(=O)NC(C)(C)C)S(C)(=O)=O. The molecule has 0 heterocycles. The number of rotatable bonds is 8. The molecule has 0 aliphatic carbocycles. The summed E-state index contributed by atoms with van der Waals surface area (Å²) < 4.78 is 27.2. The molecule has 0 saturated carbocycles. The van der Waals surface area contributed by atoms with Crippen LogP contribution in [0, 0.1) is 6.92 Å². The Morgan fingerprint density at radius 3 is 2.24 bits per heavy atom. The number of anilines is 1. The summed E-state index contributed by atoms with van der Waals surface area (Å²) in [6.45, 7) is 8.60. The summed E-state index contributed by atoms with van der Waals surface area (Å²) in [5.74, 6) is -0.841. The highest BCUT2D eigenvalue weighted by Gasteiger charge is 2.31. The van der Waals surface area contributed by atoms with E-state index in [1.54, 1.807) is 26.0 Å². The molecule has 0 spiro atoms. The number of benzene rings is 2. The Hall–Kier alpha value is -2.10. The highest BCUT2D eigenvalue weighted by molar-refractivity contribution is 9.10. The lowest BCUT2D eigenvalue weighted by molar-refractivity contribution is -0.140. The van der Waals surface area contributed by atoms with E-state index in [0.29, 0.717) is 16.3 Å². The van der Waals surface area contributed by atoms with Crippen LogP contribution in [0.3, 0.4) is 0 Å². The second-order valence-corrected chi connectivity index (χ2v) is 12.5. The molecular formula is C24H31BrClN3O4S. The Morgan fingerprint density at radius 1 is 1.12 bits per heavy atom. The largest absolute Gasteiger partial charge is 0.350 e. The third kappa shape index (κ3) is 7.99. The van der Waals surface area contributed by atoms with Gasteiger partial charge in [0.25, 0.3) is 0 Å². The Bertz CT molecular complexity index is 1150. The molecule has 2 aromatic carbocycles. The number of carbonyl (C=O) groups excluding carboxylic acids is 2. The Kier molecular flexibility index (Phi) is 9.18. The van der Waals surface area contributed by atoms with Crippen molar-refractivity contribution in [2.45, 2.75) is 52.7 Å². The van der Waals surface area contributed by atoms with Crippen LogP contribution in [0.4, 0.5) is 5.69 Å². The quantitative estimate of drug-likeness (QED) is 0.504. The number of halogens is 2. The Labute approximate surface area is 215 Å². The number of aryl methyl sites for hydroxylation is 1. The summed E-state index contributed by atoms with van der Waals surface area (Å²) in [7, 11) is -3.82. The van der Waals surface area contributed by atoms with Crippen LogP contribution in [0.15, 0.2) is 46.9 Å². The van der Waals surface area contributed by atoms with Crippen LogP contribution in [0.25, 0.3) is 0 Å². The van der Waals surface area contributed by atoms with Crippen molar-refractivity contribution in [2.24, 2.45) is 0 Å². The molecular weight excluding hydrogens is 542 g/mol. The predicted octanol–water partition coefficient (Wildman–Crippen LogP) is 4.51. The van der Waals surface area contributed by atoms with Gasteiger partial charge in [0.05, 0.1) is 11.9 Å². The first-order chi connectivity index (χ1) is 15.6. The monoisotopic (exact) mass is 571 g/mol. The minimum atomic E-state index is -3.82. The van der Waals surface area contributed by atoms with Crippen molar-refractivity contribution in [1.29, 1.82) is 0 Å². The Balaban J connectivity index is 2.44. The van der Waals surface area contributed by atoms with Crippen LogP contribution >= 0.6 is 27.5 Å². The molecule has 0 aromatic heterocycles. The van der Waals surface area contributed by atoms with Crippen molar-refractivity contribution in [1.82, 2.24) is 10.2 Å². The lowest BCUT2D eigenvalue weighted by atomic mass is 10.1. The molecule has 2 aromatic rings. The average molecular weight is 573 g/mol. The van der Waals surface area contributed by atoms with Gasteiger partial charge in [-0.3, -0.25) is 13.9 Å². The van der Waals surface area contributed by atoms with Crippen molar-refractivity contribution in [3.05, 3.63) is 63.1 Å². The first-order valence-electron chi connectivity index (χ1n) is 10.7. The molecule has 1 N–H and O–H groups in total. The number of hydrogen-bond acceptors (Lipinski definition) is 4. The van der Waals surface area contributed by atoms with Crippen LogP contribution in [0.1, 0.15) is 38.8 Å².